The minimum absolute atomic E-state index is 0.0123. The second-order valence-electron chi connectivity index (χ2n) is 3.79. The number of nitrogens with zero attached hydrogens (tertiary/aromatic N) is 2. The molecule has 0 unspecified atom stereocenters. The molecule has 0 bridgehead atoms. The molecule has 0 aliphatic heterocycles. The van der Waals surface area contributed by atoms with Gasteiger partial charge in [-0.05, 0) is 0 Å². The summed E-state index contributed by atoms with van der Waals surface area (Å²) in [4.78, 5) is 28.3. The molecule has 102 valence electrons. The van der Waals surface area contributed by atoms with Crippen LogP contribution in [0.4, 0.5) is 4.79 Å². The lowest BCUT2D eigenvalue weighted by Gasteiger charge is -2.08. The van der Waals surface area contributed by atoms with E-state index in [-0.39, 0.29) is 23.0 Å². The first kappa shape index (κ1) is 14.5. The van der Waals surface area contributed by atoms with Crippen LogP contribution in [0.1, 0.15) is 10.4 Å². The van der Waals surface area contributed by atoms with Crippen molar-refractivity contribution >= 4 is 11.9 Å². The van der Waals surface area contributed by atoms with E-state index in [4.69, 9.17) is 15.2 Å². The molecular formula is C12H15N3O4. The number of carbonyl (C=O) groups excluding carboxylic acids is 2. The molecule has 2 N–H and O–H groups in total. The highest BCUT2D eigenvalue weighted by molar-refractivity contribution is 6.06. The van der Waals surface area contributed by atoms with Crippen LogP contribution >= 0.6 is 0 Å². The predicted molar refractivity (Wildman–Crippen MR) is 68.2 cm³/mol. The molecule has 0 fully saturated rings. The van der Waals surface area contributed by atoms with Crippen molar-refractivity contribution in [1.82, 2.24) is 9.88 Å². The summed E-state index contributed by atoms with van der Waals surface area (Å²) in [5.41, 5.74) is 5.07. The molecule has 0 spiro atoms. The Bertz CT molecular complexity index is 512. The number of nitrogens with two attached hydrogens (primary N) is 1. The van der Waals surface area contributed by atoms with E-state index in [9.17, 15) is 9.59 Å². The Morgan fingerprint density at radius 1 is 1.42 bits per heavy atom. The first-order chi connectivity index (χ1) is 8.93. The number of pyridine rings is 1. The number of primary amides is 1. The first-order valence-electron chi connectivity index (χ1n) is 5.34. The third-order valence-electron chi connectivity index (χ3n) is 2.05. The Labute approximate surface area is 110 Å². The van der Waals surface area contributed by atoms with Crippen molar-refractivity contribution in [3.05, 3.63) is 30.1 Å². The number of hydrogen-bond acceptors (Lipinski definition) is 6. The summed E-state index contributed by atoms with van der Waals surface area (Å²) in [6.45, 7) is 0. The molecule has 1 aromatic rings. The van der Waals surface area contributed by atoms with Crippen molar-refractivity contribution in [1.29, 1.82) is 0 Å². The minimum Gasteiger partial charge on any atom is -0.481 e. The predicted octanol–water partition coefficient (Wildman–Crippen LogP) is 0.806. The summed E-state index contributed by atoms with van der Waals surface area (Å²) >= 11 is 0. The fourth-order valence-electron chi connectivity index (χ4n) is 1.22. The summed E-state index contributed by atoms with van der Waals surface area (Å²) in [6, 6.07) is 1.38. The molecular weight excluding hydrogens is 250 g/mol. The molecule has 0 radical (unpaired) electrons. The maximum absolute atomic E-state index is 12.0. The maximum Gasteiger partial charge on any atom is 0.410 e. The summed E-state index contributed by atoms with van der Waals surface area (Å²) in [6.07, 6.45) is 3.10. The molecule has 7 heteroatoms. The lowest BCUT2D eigenvalue weighted by molar-refractivity contribution is 0.104. The van der Waals surface area contributed by atoms with Gasteiger partial charge in [-0.2, -0.15) is 0 Å². The lowest BCUT2D eigenvalue weighted by atomic mass is 10.1. The first-order valence-corrected chi connectivity index (χ1v) is 5.34. The summed E-state index contributed by atoms with van der Waals surface area (Å²) in [5, 5.41) is 0. The molecule has 1 amide bonds. The Balaban J connectivity index is 3.13. The van der Waals surface area contributed by atoms with Gasteiger partial charge in [0.05, 0.1) is 18.9 Å². The number of ether oxygens (including phenoxy) is 2. The molecule has 0 aliphatic rings. The highest BCUT2D eigenvalue weighted by Crippen LogP contribution is 2.22. The van der Waals surface area contributed by atoms with Crippen LogP contribution in [-0.4, -0.2) is 43.0 Å². The minimum atomic E-state index is -1.02. The quantitative estimate of drug-likeness (QED) is 0.625. The zero-order valence-corrected chi connectivity index (χ0v) is 10.9. The third-order valence-corrected chi connectivity index (χ3v) is 2.05. The fraction of sp³-hybridized carbons (Fsp3) is 0.250. The van der Waals surface area contributed by atoms with Crippen molar-refractivity contribution < 1.29 is 19.1 Å². The Morgan fingerprint density at radius 3 is 2.63 bits per heavy atom. The van der Waals surface area contributed by atoms with Crippen LogP contribution in [0.3, 0.4) is 0 Å². The van der Waals surface area contributed by atoms with E-state index < -0.39 is 6.09 Å². The molecule has 0 aromatic carbocycles. The maximum atomic E-state index is 12.0. The Hall–Kier alpha value is -2.57. The van der Waals surface area contributed by atoms with E-state index in [0.717, 1.165) is 0 Å². The smallest absolute Gasteiger partial charge is 0.410 e. The van der Waals surface area contributed by atoms with Gasteiger partial charge in [0.15, 0.2) is 11.5 Å². The van der Waals surface area contributed by atoms with Gasteiger partial charge in [-0.3, -0.25) is 4.79 Å². The van der Waals surface area contributed by atoms with Crippen molar-refractivity contribution in [2.45, 2.75) is 0 Å². The van der Waals surface area contributed by atoms with Crippen LogP contribution in [0, 0.1) is 0 Å². The number of methoxy groups -OCH3 is 1. The zero-order chi connectivity index (χ0) is 14.4. The number of ketones is 1. The van der Waals surface area contributed by atoms with E-state index in [0.29, 0.717) is 0 Å². The monoisotopic (exact) mass is 265 g/mol. The van der Waals surface area contributed by atoms with Crippen LogP contribution in [0.5, 0.6) is 11.6 Å². The number of allylic oxidation sites excluding steroid dienone is 1. The van der Waals surface area contributed by atoms with E-state index in [1.54, 1.807) is 25.2 Å². The second kappa shape index (κ2) is 6.39. The highest BCUT2D eigenvalue weighted by Gasteiger charge is 2.14. The standard InChI is InChI=1S/C12H15N3O4/c1-15(2)5-4-9(16)8-6-11(18-3)14-7-10(8)19-12(13)17/h4-7H,1-3H3,(H2,13,17). The molecule has 0 atom stereocenters. The second-order valence-corrected chi connectivity index (χ2v) is 3.79. The topological polar surface area (TPSA) is 94.7 Å². The number of hydrogen-bond donors (Lipinski definition) is 1. The van der Waals surface area contributed by atoms with E-state index in [1.807, 2.05) is 0 Å². The van der Waals surface area contributed by atoms with Gasteiger partial charge in [0.2, 0.25) is 5.88 Å². The van der Waals surface area contributed by atoms with Gasteiger partial charge in [-0.15, -0.1) is 0 Å². The van der Waals surface area contributed by atoms with Crippen molar-refractivity contribution in [3.63, 3.8) is 0 Å². The van der Waals surface area contributed by atoms with Crippen LogP contribution in [0.2, 0.25) is 0 Å². The molecule has 0 saturated carbocycles. The van der Waals surface area contributed by atoms with Gasteiger partial charge in [0.1, 0.15) is 0 Å². The van der Waals surface area contributed by atoms with Crippen LogP contribution in [0.15, 0.2) is 24.5 Å². The zero-order valence-electron chi connectivity index (χ0n) is 10.9. The molecule has 1 rings (SSSR count). The van der Waals surface area contributed by atoms with Crippen molar-refractivity contribution in [2.75, 3.05) is 21.2 Å². The van der Waals surface area contributed by atoms with E-state index >= 15 is 0 Å². The Morgan fingerprint density at radius 2 is 2.11 bits per heavy atom. The average Bonchev–Trinajstić information content (AvgIpc) is 2.35. The van der Waals surface area contributed by atoms with Gasteiger partial charge in [0.25, 0.3) is 0 Å². The van der Waals surface area contributed by atoms with Gasteiger partial charge < -0.3 is 20.1 Å². The van der Waals surface area contributed by atoms with Crippen LogP contribution in [0.25, 0.3) is 0 Å². The lowest BCUT2D eigenvalue weighted by Crippen LogP contribution is -2.18. The summed E-state index contributed by atoms with van der Waals surface area (Å²) < 4.78 is 9.65. The van der Waals surface area contributed by atoms with Crippen molar-refractivity contribution in [3.8, 4) is 11.6 Å². The third kappa shape index (κ3) is 4.30. The molecule has 19 heavy (non-hydrogen) atoms. The SMILES string of the molecule is COc1cc(C(=O)C=CN(C)C)c(OC(N)=O)cn1. The fourth-order valence-corrected chi connectivity index (χ4v) is 1.22. The molecule has 7 nitrogen and oxygen atoms in total. The molecule has 0 aliphatic carbocycles. The number of carbonyl (C=O) groups is 2. The van der Waals surface area contributed by atoms with Crippen LogP contribution < -0.4 is 15.2 Å². The average molecular weight is 265 g/mol. The molecule has 1 aromatic heterocycles. The Kier molecular flexibility index (Phi) is 4.87. The largest absolute Gasteiger partial charge is 0.481 e. The van der Waals surface area contributed by atoms with Crippen molar-refractivity contribution in [2.24, 2.45) is 5.73 Å². The van der Waals surface area contributed by atoms with Gasteiger partial charge >= 0.3 is 6.09 Å². The number of rotatable bonds is 5. The normalized spacial score (nSPS) is 10.3. The van der Waals surface area contributed by atoms with Crippen LogP contribution in [-0.2, 0) is 0 Å². The summed E-state index contributed by atoms with van der Waals surface area (Å²) in [7, 11) is 4.97. The van der Waals surface area contributed by atoms with E-state index in [2.05, 4.69) is 4.98 Å². The van der Waals surface area contributed by atoms with Gasteiger partial charge in [-0.1, -0.05) is 0 Å². The highest BCUT2D eigenvalue weighted by atomic mass is 16.5. The van der Waals surface area contributed by atoms with E-state index in [1.165, 1.54) is 25.4 Å². The summed E-state index contributed by atoms with van der Waals surface area (Å²) in [5.74, 6) is -0.134. The molecule has 1 heterocycles. The number of aromatic nitrogens is 1. The van der Waals surface area contributed by atoms with Gasteiger partial charge in [-0.25, -0.2) is 9.78 Å². The molecule has 0 saturated heterocycles. The number of amides is 1. The van der Waals surface area contributed by atoms with Gasteiger partial charge in [0, 0.05) is 32.4 Å².